The lowest BCUT2D eigenvalue weighted by molar-refractivity contribution is 0.0794. The van der Waals surface area contributed by atoms with Crippen LogP contribution in [-0.4, -0.2) is 95.4 Å². The van der Waals surface area contributed by atoms with Gasteiger partial charge in [-0.15, -0.1) is 11.3 Å². The molecule has 2 fully saturated rings. The van der Waals surface area contributed by atoms with Gasteiger partial charge in [-0.3, -0.25) is 9.69 Å². The van der Waals surface area contributed by atoms with Gasteiger partial charge in [-0.25, -0.2) is 18.4 Å². The van der Waals surface area contributed by atoms with E-state index < -0.39 is 10.0 Å². The van der Waals surface area contributed by atoms with Crippen molar-refractivity contribution in [2.24, 2.45) is 0 Å². The summed E-state index contributed by atoms with van der Waals surface area (Å²) in [6, 6.07) is 10.9. The predicted molar refractivity (Wildman–Crippen MR) is 158 cm³/mol. The van der Waals surface area contributed by atoms with Crippen LogP contribution in [0.4, 0.5) is 5.82 Å². The van der Waals surface area contributed by atoms with Crippen molar-refractivity contribution in [1.29, 1.82) is 0 Å². The first kappa shape index (κ1) is 27.8. The van der Waals surface area contributed by atoms with Crippen molar-refractivity contribution in [3.05, 3.63) is 54.0 Å². The molecule has 1 amide bonds. The topological polar surface area (TPSA) is 125 Å². The van der Waals surface area contributed by atoms with Crippen LogP contribution in [0.1, 0.15) is 35.8 Å². The maximum Gasteiger partial charge on any atom is 0.256 e. The molecule has 0 aliphatic carbocycles. The van der Waals surface area contributed by atoms with Crippen molar-refractivity contribution in [1.82, 2.24) is 29.2 Å². The zero-order valence-electron chi connectivity index (χ0n) is 23.1. The molecule has 216 valence electrons. The first-order valence-corrected chi connectivity index (χ1v) is 16.1. The van der Waals surface area contributed by atoms with Gasteiger partial charge in [0.25, 0.3) is 15.9 Å². The number of amides is 1. The largest absolute Gasteiger partial charge is 0.366 e. The highest BCUT2D eigenvalue weighted by Gasteiger charge is 2.31. The molecule has 5 heterocycles. The van der Waals surface area contributed by atoms with E-state index in [2.05, 4.69) is 32.3 Å². The minimum Gasteiger partial charge on any atom is -0.366 e. The van der Waals surface area contributed by atoms with Gasteiger partial charge < -0.3 is 14.7 Å². The van der Waals surface area contributed by atoms with Crippen LogP contribution >= 0.6 is 11.3 Å². The Morgan fingerprint density at radius 1 is 1.07 bits per heavy atom. The summed E-state index contributed by atoms with van der Waals surface area (Å²) in [5.41, 5.74) is 2.01. The standard InChI is InChI=1S/C28H33N7O4S2/c1-19-16-23(39-32-19)24-8-9-25(40-24)41(37,38)35-14-12-33(13-15-35)17-20(2)31-27-21-6-5-7-22(26(21)29-18-30-27)28(36)34-10-3-4-11-34/h5-9,16,18,20H,3-4,10-15,17H2,1-2H3,(H,29,30,31). The fourth-order valence-corrected chi connectivity index (χ4v) is 8.31. The van der Waals surface area contributed by atoms with Crippen LogP contribution in [0.2, 0.25) is 0 Å². The Morgan fingerprint density at radius 3 is 2.59 bits per heavy atom. The van der Waals surface area contributed by atoms with E-state index in [1.54, 1.807) is 22.5 Å². The van der Waals surface area contributed by atoms with Gasteiger partial charge in [0.1, 0.15) is 16.4 Å². The third-order valence-corrected chi connectivity index (χ3v) is 11.0. The molecule has 6 rings (SSSR count). The molecule has 0 saturated carbocycles. The minimum atomic E-state index is -3.59. The van der Waals surface area contributed by atoms with Crippen LogP contribution in [0.25, 0.3) is 21.5 Å². The monoisotopic (exact) mass is 595 g/mol. The summed E-state index contributed by atoms with van der Waals surface area (Å²) in [6.45, 7) is 8.30. The molecular formula is C28H33N7O4S2. The molecule has 13 heteroatoms. The number of anilines is 1. The number of nitrogens with zero attached hydrogens (tertiary/aromatic N) is 6. The quantitative estimate of drug-likeness (QED) is 0.325. The third-order valence-electron chi connectivity index (χ3n) is 7.58. The fraction of sp³-hybridized carbons (Fsp3) is 0.429. The second kappa shape index (κ2) is 11.5. The van der Waals surface area contributed by atoms with E-state index in [9.17, 15) is 13.2 Å². The predicted octanol–water partition coefficient (Wildman–Crippen LogP) is 3.70. The molecule has 1 N–H and O–H groups in total. The molecular weight excluding hydrogens is 562 g/mol. The van der Waals surface area contributed by atoms with E-state index in [1.807, 2.05) is 30.0 Å². The number of fused-ring (bicyclic) bond motifs is 1. The van der Waals surface area contributed by atoms with Crippen molar-refractivity contribution in [2.75, 3.05) is 51.1 Å². The molecule has 2 aliphatic rings. The molecule has 1 unspecified atom stereocenters. The van der Waals surface area contributed by atoms with Crippen LogP contribution in [0.5, 0.6) is 0 Å². The number of hydrogen-bond donors (Lipinski definition) is 1. The lowest BCUT2D eigenvalue weighted by atomic mass is 10.1. The zero-order valence-corrected chi connectivity index (χ0v) is 24.7. The summed E-state index contributed by atoms with van der Waals surface area (Å²) in [5.74, 6) is 1.28. The molecule has 2 aliphatic heterocycles. The second-order valence-electron chi connectivity index (χ2n) is 10.6. The number of sulfonamides is 1. The van der Waals surface area contributed by atoms with E-state index in [1.165, 1.54) is 17.7 Å². The first-order chi connectivity index (χ1) is 19.8. The molecule has 0 spiro atoms. The van der Waals surface area contributed by atoms with Gasteiger partial charge in [0.15, 0.2) is 5.76 Å². The van der Waals surface area contributed by atoms with Gasteiger partial charge in [-0.05, 0) is 51.0 Å². The Morgan fingerprint density at radius 2 is 1.85 bits per heavy atom. The van der Waals surface area contributed by atoms with Gasteiger partial charge in [0, 0.05) is 63.3 Å². The highest BCUT2D eigenvalue weighted by atomic mass is 32.2. The summed E-state index contributed by atoms with van der Waals surface area (Å²) >= 11 is 1.20. The maximum atomic E-state index is 13.3. The van der Waals surface area contributed by atoms with Gasteiger partial charge in [-0.2, -0.15) is 4.31 Å². The number of rotatable bonds is 8. The number of aromatic nitrogens is 3. The molecule has 1 atom stereocenters. The molecule has 1 aromatic carbocycles. The highest BCUT2D eigenvalue weighted by Crippen LogP contribution is 2.33. The van der Waals surface area contributed by atoms with Crippen molar-refractivity contribution in [3.63, 3.8) is 0 Å². The summed E-state index contributed by atoms with van der Waals surface area (Å²) in [7, 11) is -3.59. The smallest absolute Gasteiger partial charge is 0.256 e. The summed E-state index contributed by atoms with van der Waals surface area (Å²) in [4.78, 5) is 26.9. The summed E-state index contributed by atoms with van der Waals surface area (Å²) in [6.07, 6.45) is 3.57. The van der Waals surface area contributed by atoms with Crippen molar-refractivity contribution in [3.8, 4) is 10.6 Å². The van der Waals surface area contributed by atoms with Crippen LogP contribution in [-0.2, 0) is 10.0 Å². The number of likely N-dealkylation sites (tertiary alicyclic amines) is 1. The molecule has 0 radical (unpaired) electrons. The Kier molecular flexibility index (Phi) is 7.77. The van der Waals surface area contributed by atoms with Gasteiger partial charge in [-0.1, -0.05) is 11.2 Å². The van der Waals surface area contributed by atoms with Gasteiger partial charge in [0.2, 0.25) is 0 Å². The minimum absolute atomic E-state index is 0.0189. The Labute approximate surface area is 243 Å². The number of hydrogen-bond acceptors (Lipinski definition) is 10. The number of aryl methyl sites for hydroxylation is 1. The molecule has 0 bridgehead atoms. The van der Waals surface area contributed by atoms with E-state index in [0.29, 0.717) is 53.0 Å². The van der Waals surface area contributed by atoms with Crippen molar-refractivity contribution in [2.45, 2.75) is 36.9 Å². The summed E-state index contributed by atoms with van der Waals surface area (Å²) < 4.78 is 33.8. The average Bonchev–Trinajstić information content (AvgIpc) is 3.75. The number of benzene rings is 1. The second-order valence-corrected chi connectivity index (χ2v) is 13.9. The first-order valence-electron chi connectivity index (χ1n) is 13.8. The Bertz CT molecular complexity index is 1650. The highest BCUT2D eigenvalue weighted by molar-refractivity contribution is 7.91. The van der Waals surface area contributed by atoms with E-state index >= 15 is 0 Å². The number of nitrogens with one attached hydrogen (secondary N) is 1. The number of thiophene rings is 1. The normalized spacial score (nSPS) is 17.8. The van der Waals surface area contributed by atoms with Crippen LogP contribution < -0.4 is 5.32 Å². The average molecular weight is 596 g/mol. The van der Waals surface area contributed by atoms with Crippen molar-refractivity contribution < 1.29 is 17.7 Å². The van der Waals surface area contributed by atoms with Gasteiger partial charge >= 0.3 is 0 Å². The lowest BCUT2D eigenvalue weighted by Crippen LogP contribution is -2.50. The third kappa shape index (κ3) is 5.71. The van der Waals surface area contributed by atoms with Crippen LogP contribution in [0.15, 0.2) is 51.5 Å². The van der Waals surface area contributed by atoms with E-state index in [-0.39, 0.29) is 11.9 Å². The number of para-hydroxylation sites is 1. The molecule has 11 nitrogen and oxygen atoms in total. The zero-order chi connectivity index (χ0) is 28.6. The molecule has 41 heavy (non-hydrogen) atoms. The van der Waals surface area contributed by atoms with Crippen LogP contribution in [0, 0.1) is 6.92 Å². The van der Waals surface area contributed by atoms with E-state index in [4.69, 9.17) is 4.52 Å². The Balaban J connectivity index is 1.07. The Hall–Kier alpha value is -3.39. The molecule has 3 aromatic heterocycles. The molecule has 2 saturated heterocycles. The molecule has 4 aromatic rings. The van der Waals surface area contributed by atoms with Crippen molar-refractivity contribution >= 4 is 44.0 Å². The van der Waals surface area contributed by atoms with E-state index in [0.717, 1.165) is 48.4 Å². The number of piperazine rings is 1. The number of carbonyl (C=O) groups excluding carboxylic acids is 1. The number of carbonyl (C=O) groups is 1. The lowest BCUT2D eigenvalue weighted by Gasteiger charge is -2.35. The fourth-order valence-electron chi connectivity index (χ4n) is 5.48. The summed E-state index contributed by atoms with van der Waals surface area (Å²) in [5, 5.41) is 8.20. The van der Waals surface area contributed by atoms with Gasteiger partial charge in [0.05, 0.1) is 21.7 Å². The maximum absolute atomic E-state index is 13.3. The van der Waals surface area contributed by atoms with Crippen LogP contribution in [0.3, 0.4) is 0 Å². The SMILES string of the molecule is Cc1cc(-c2ccc(S(=O)(=O)N3CCN(CC(C)Nc4ncnc5c(C(=O)N6CCCC6)cccc45)CC3)s2)on1.